The van der Waals surface area contributed by atoms with Crippen LogP contribution in [0, 0.1) is 11.6 Å². The quantitative estimate of drug-likeness (QED) is 0.700. The summed E-state index contributed by atoms with van der Waals surface area (Å²) in [6.45, 7) is -0.206. The molecule has 0 N–H and O–H groups in total. The zero-order valence-corrected chi connectivity index (χ0v) is 12.1. The number of benzene rings is 2. The molecule has 0 unspecified atom stereocenters. The van der Waals surface area contributed by atoms with E-state index in [2.05, 4.69) is 15.9 Å². The van der Waals surface area contributed by atoms with Gasteiger partial charge in [-0.05, 0) is 18.2 Å². The fourth-order valence-electron chi connectivity index (χ4n) is 1.63. The largest absolute Gasteiger partial charge is 0.487 e. The van der Waals surface area contributed by atoms with Crippen LogP contribution in [-0.4, -0.2) is 0 Å². The highest BCUT2D eigenvalue weighted by Gasteiger charge is 2.12. The first-order valence-electron chi connectivity index (χ1n) is 5.52. The Balaban J connectivity index is 2.24. The summed E-state index contributed by atoms with van der Waals surface area (Å²) in [6.07, 6.45) is 0. The lowest BCUT2D eigenvalue weighted by Crippen LogP contribution is -2.03. The van der Waals surface area contributed by atoms with Crippen molar-refractivity contribution in [2.24, 2.45) is 0 Å². The Labute approximate surface area is 123 Å². The Bertz CT molecular complexity index is 569. The van der Waals surface area contributed by atoms with Crippen LogP contribution in [0.1, 0.15) is 11.1 Å². The molecule has 0 aromatic heterocycles. The molecule has 19 heavy (non-hydrogen) atoms. The second kappa shape index (κ2) is 6.35. The van der Waals surface area contributed by atoms with Crippen LogP contribution in [0.5, 0.6) is 5.75 Å². The van der Waals surface area contributed by atoms with Gasteiger partial charge in [0.15, 0.2) is 0 Å². The average Bonchev–Trinajstić information content (AvgIpc) is 2.39. The van der Waals surface area contributed by atoms with Crippen molar-refractivity contribution in [1.29, 1.82) is 0 Å². The lowest BCUT2D eigenvalue weighted by atomic mass is 10.2. The molecule has 2 rings (SSSR count). The van der Waals surface area contributed by atoms with E-state index in [-0.39, 0.29) is 12.2 Å². The zero-order valence-electron chi connectivity index (χ0n) is 9.80. The topological polar surface area (TPSA) is 9.23 Å². The van der Waals surface area contributed by atoms with Crippen molar-refractivity contribution in [2.75, 3.05) is 0 Å². The van der Waals surface area contributed by atoms with E-state index in [1.807, 2.05) is 6.07 Å². The Hall–Kier alpha value is -1.13. The standard InChI is InChI=1S/C14H10BrClF2O/c15-7-9-3-1-4-11(16)14(9)19-8-10-12(17)5-2-6-13(10)18/h1-6H,7-8H2. The minimum atomic E-state index is -0.632. The van der Waals surface area contributed by atoms with E-state index in [0.717, 1.165) is 5.56 Å². The summed E-state index contributed by atoms with van der Waals surface area (Å²) in [4.78, 5) is 0. The lowest BCUT2D eigenvalue weighted by Gasteiger charge is -2.12. The van der Waals surface area contributed by atoms with Crippen molar-refractivity contribution in [2.45, 2.75) is 11.9 Å². The summed E-state index contributed by atoms with van der Waals surface area (Å²) in [5.41, 5.74) is 0.715. The molecular weight excluding hydrogens is 338 g/mol. The molecule has 0 saturated carbocycles. The molecule has 0 atom stereocenters. The van der Waals surface area contributed by atoms with Gasteiger partial charge >= 0.3 is 0 Å². The van der Waals surface area contributed by atoms with Gasteiger partial charge in [-0.2, -0.15) is 0 Å². The minimum Gasteiger partial charge on any atom is -0.487 e. The molecule has 0 spiro atoms. The minimum absolute atomic E-state index is 0.108. The third-order valence-corrected chi connectivity index (χ3v) is 3.52. The molecule has 5 heteroatoms. The first-order chi connectivity index (χ1) is 9.13. The van der Waals surface area contributed by atoms with Crippen LogP contribution in [0.4, 0.5) is 8.78 Å². The third kappa shape index (κ3) is 3.25. The maximum Gasteiger partial charge on any atom is 0.142 e. The summed E-state index contributed by atoms with van der Waals surface area (Å²) in [5, 5.41) is 0.955. The van der Waals surface area contributed by atoms with Gasteiger partial charge in [0.05, 0.1) is 10.6 Å². The Morgan fingerprint density at radius 1 is 1.05 bits per heavy atom. The number of alkyl halides is 1. The van der Waals surface area contributed by atoms with Gasteiger partial charge in [-0.1, -0.05) is 45.7 Å². The van der Waals surface area contributed by atoms with Crippen LogP contribution < -0.4 is 4.74 Å². The molecule has 100 valence electrons. The molecule has 1 nitrogen and oxygen atoms in total. The van der Waals surface area contributed by atoms with E-state index in [1.165, 1.54) is 18.2 Å². The summed E-state index contributed by atoms with van der Waals surface area (Å²) < 4.78 is 32.4. The fourth-order valence-corrected chi connectivity index (χ4v) is 2.33. The molecule has 0 radical (unpaired) electrons. The number of para-hydroxylation sites is 1. The first-order valence-corrected chi connectivity index (χ1v) is 7.02. The number of rotatable bonds is 4. The van der Waals surface area contributed by atoms with E-state index < -0.39 is 11.6 Å². The number of hydrogen-bond donors (Lipinski definition) is 0. The SMILES string of the molecule is Fc1cccc(F)c1COc1c(Cl)cccc1CBr. The molecule has 0 bridgehead atoms. The monoisotopic (exact) mass is 346 g/mol. The van der Waals surface area contributed by atoms with Gasteiger partial charge < -0.3 is 4.74 Å². The van der Waals surface area contributed by atoms with Crippen molar-refractivity contribution < 1.29 is 13.5 Å². The molecule has 0 aliphatic rings. The van der Waals surface area contributed by atoms with Gasteiger partial charge in [0.2, 0.25) is 0 Å². The second-order valence-corrected chi connectivity index (χ2v) is 4.82. The molecule has 0 aliphatic carbocycles. The first kappa shape index (κ1) is 14.3. The molecule has 0 aliphatic heterocycles. The van der Waals surface area contributed by atoms with Crippen LogP contribution in [0.15, 0.2) is 36.4 Å². The fraction of sp³-hybridized carbons (Fsp3) is 0.143. The van der Waals surface area contributed by atoms with Crippen LogP contribution in [0.3, 0.4) is 0 Å². The normalized spacial score (nSPS) is 10.5. The van der Waals surface area contributed by atoms with Gasteiger partial charge in [-0.25, -0.2) is 8.78 Å². The van der Waals surface area contributed by atoms with Gasteiger partial charge in [0, 0.05) is 10.9 Å². The molecule has 2 aromatic rings. The van der Waals surface area contributed by atoms with E-state index >= 15 is 0 Å². The summed E-state index contributed by atoms with van der Waals surface area (Å²) in [7, 11) is 0. The van der Waals surface area contributed by atoms with Crippen LogP contribution in [0.25, 0.3) is 0 Å². The summed E-state index contributed by atoms with van der Waals surface area (Å²) in [5.74, 6) is -0.830. The van der Waals surface area contributed by atoms with Crippen LogP contribution in [-0.2, 0) is 11.9 Å². The summed E-state index contributed by atoms with van der Waals surface area (Å²) in [6, 6.07) is 8.98. The van der Waals surface area contributed by atoms with Crippen molar-refractivity contribution in [3.05, 3.63) is 64.2 Å². The van der Waals surface area contributed by atoms with E-state index in [9.17, 15) is 8.78 Å². The highest BCUT2D eigenvalue weighted by molar-refractivity contribution is 9.08. The van der Waals surface area contributed by atoms with Gasteiger partial charge in [-0.3, -0.25) is 0 Å². The molecular formula is C14H10BrClF2O. The molecule has 2 aromatic carbocycles. The molecule has 0 amide bonds. The Kier molecular flexibility index (Phi) is 4.77. The maximum atomic E-state index is 13.5. The highest BCUT2D eigenvalue weighted by atomic mass is 79.9. The number of halogens is 4. The Morgan fingerprint density at radius 2 is 1.68 bits per heavy atom. The van der Waals surface area contributed by atoms with Gasteiger partial charge in [-0.15, -0.1) is 0 Å². The van der Waals surface area contributed by atoms with Crippen molar-refractivity contribution in [3.8, 4) is 5.75 Å². The van der Waals surface area contributed by atoms with Crippen LogP contribution >= 0.6 is 27.5 Å². The Morgan fingerprint density at radius 3 is 2.32 bits per heavy atom. The van der Waals surface area contributed by atoms with E-state index in [4.69, 9.17) is 16.3 Å². The summed E-state index contributed by atoms with van der Waals surface area (Å²) >= 11 is 9.33. The third-order valence-electron chi connectivity index (χ3n) is 2.62. The molecule has 0 heterocycles. The number of hydrogen-bond acceptors (Lipinski definition) is 1. The second-order valence-electron chi connectivity index (χ2n) is 3.85. The van der Waals surface area contributed by atoms with Crippen LogP contribution in [0.2, 0.25) is 5.02 Å². The van der Waals surface area contributed by atoms with Crippen molar-refractivity contribution in [1.82, 2.24) is 0 Å². The maximum absolute atomic E-state index is 13.5. The van der Waals surface area contributed by atoms with Gasteiger partial charge in [0.25, 0.3) is 0 Å². The average molecular weight is 348 g/mol. The zero-order chi connectivity index (χ0) is 13.8. The van der Waals surface area contributed by atoms with E-state index in [0.29, 0.717) is 16.1 Å². The van der Waals surface area contributed by atoms with Gasteiger partial charge in [0.1, 0.15) is 24.0 Å². The lowest BCUT2D eigenvalue weighted by molar-refractivity contribution is 0.290. The molecule has 0 fully saturated rings. The van der Waals surface area contributed by atoms with Crippen molar-refractivity contribution >= 4 is 27.5 Å². The highest BCUT2D eigenvalue weighted by Crippen LogP contribution is 2.31. The smallest absolute Gasteiger partial charge is 0.142 e. The predicted octanol–water partition coefficient (Wildman–Crippen LogP) is 5.09. The number of ether oxygens (including phenoxy) is 1. The molecule has 0 saturated heterocycles. The van der Waals surface area contributed by atoms with E-state index in [1.54, 1.807) is 12.1 Å². The van der Waals surface area contributed by atoms with Crippen molar-refractivity contribution in [3.63, 3.8) is 0 Å². The predicted molar refractivity (Wildman–Crippen MR) is 74.8 cm³/mol.